The lowest BCUT2D eigenvalue weighted by Crippen LogP contribution is -2.41. The molecule has 7 nitrogen and oxygen atoms in total. The molecular formula is C11H22IN5O2S2. The lowest BCUT2D eigenvalue weighted by molar-refractivity contribution is 0.586. The fourth-order valence-corrected chi connectivity index (χ4v) is 2.89. The molecule has 0 aliphatic rings. The Morgan fingerprint density at radius 3 is 2.43 bits per heavy atom. The third-order valence-corrected chi connectivity index (χ3v) is 4.22. The number of hydrogen-bond donors (Lipinski definition) is 3. The van der Waals surface area contributed by atoms with Gasteiger partial charge in [-0.1, -0.05) is 0 Å². The van der Waals surface area contributed by atoms with Crippen molar-refractivity contribution in [2.75, 3.05) is 26.4 Å². The smallest absolute Gasteiger partial charge is 0.208 e. The van der Waals surface area contributed by atoms with Gasteiger partial charge in [0.25, 0.3) is 0 Å². The van der Waals surface area contributed by atoms with E-state index in [9.17, 15) is 8.42 Å². The molecule has 0 fully saturated rings. The maximum atomic E-state index is 10.9. The quantitative estimate of drug-likeness (QED) is 0.257. The van der Waals surface area contributed by atoms with Gasteiger partial charge in [-0.15, -0.1) is 35.3 Å². The second kappa shape index (κ2) is 9.54. The van der Waals surface area contributed by atoms with Gasteiger partial charge in [0.05, 0.1) is 23.5 Å². The molecule has 0 unspecified atom stereocenters. The first-order valence-electron chi connectivity index (χ1n) is 6.14. The summed E-state index contributed by atoms with van der Waals surface area (Å²) < 4.78 is 24.2. The van der Waals surface area contributed by atoms with Crippen LogP contribution < -0.4 is 15.4 Å². The van der Waals surface area contributed by atoms with Gasteiger partial charge in [0, 0.05) is 25.0 Å². The Labute approximate surface area is 147 Å². The van der Waals surface area contributed by atoms with Crippen molar-refractivity contribution in [2.24, 2.45) is 4.99 Å². The number of hydrogen-bond acceptors (Lipinski definition) is 5. The van der Waals surface area contributed by atoms with Crippen molar-refractivity contribution in [3.63, 3.8) is 0 Å². The van der Waals surface area contributed by atoms with Gasteiger partial charge in [0.15, 0.2) is 5.96 Å². The van der Waals surface area contributed by atoms with E-state index < -0.39 is 10.0 Å². The second-order valence-electron chi connectivity index (χ2n) is 4.26. The van der Waals surface area contributed by atoms with Crippen LogP contribution in [0.4, 0.5) is 0 Å². The number of nitrogens with zero attached hydrogens (tertiary/aromatic N) is 2. The van der Waals surface area contributed by atoms with Crippen LogP contribution in [0.15, 0.2) is 4.99 Å². The average Bonchev–Trinajstić information content (AvgIpc) is 2.66. The molecule has 0 saturated carbocycles. The zero-order chi connectivity index (χ0) is 15.2. The Morgan fingerprint density at radius 1 is 1.29 bits per heavy atom. The molecule has 0 aliphatic carbocycles. The summed E-state index contributed by atoms with van der Waals surface area (Å²) >= 11 is 1.65. The average molecular weight is 447 g/mol. The molecule has 122 valence electrons. The monoisotopic (exact) mass is 447 g/mol. The first-order valence-corrected chi connectivity index (χ1v) is 8.84. The van der Waals surface area contributed by atoms with Crippen LogP contribution in [0.1, 0.15) is 15.6 Å². The summed E-state index contributed by atoms with van der Waals surface area (Å²) in [6.45, 7) is 5.39. The van der Waals surface area contributed by atoms with Crippen LogP contribution in [-0.4, -0.2) is 45.8 Å². The van der Waals surface area contributed by atoms with Gasteiger partial charge in [-0.25, -0.2) is 18.1 Å². The van der Waals surface area contributed by atoms with E-state index in [1.165, 1.54) is 4.88 Å². The van der Waals surface area contributed by atoms with E-state index in [2.05, 4.69) is 25.3 Å². The highest BCUT2D eigenvalue weighted by Crippen LogP contribution is 2.16. The summed E-state index contributed by atoms with van der Waals surface area (Å²) in [5, 5.41) is 7.25. The van der Waals surface area contributed by atoms with Crippen molar-refractivity contribution in [3.05, 3.63) is 15.6 Å². The van der Waals surface area contributed by atoms with Gasteiger partial charge in [0.2, 0.25) is 10.0 Å². The number of thiazole rings is 1. The van der Waals surface area contributed by atoms with Crippen molar-refractivity contribution in [1.29, 1.82) is 0 Å². The molecule has 0 bridgehead atoms. The number of aryl methyl sites for hydroxylation is 2. The number of aromatic nitrogens is 1. The molecule has 0 aromatic carbocycles. The largest absolute Gasteiger partial charge is 0.355 e. The van der Waals surface area contributed by atoms with Crippen LogP contribution in [0.5, 0.6) is 0 Å². The van der Waals surface area contributed by atoms with Crippen LogP contribution in [0.2, 0.25) is 0 Å². The summed E-state index contributed by atoms with van der Waals surface area (Å²) in [6.07, 6.45) is 1.13. The highest BCUT2D eigenvalue weighted by atomic mass is 127. The predicted molar refractivity (Wildman–Crippen MR) is 98.1 cm³/mol. The molecule has 3 N–H and O–H groups in total. The van der Waals surface area contributed by atoms with E-state index in [4.69, 9.17) is 0 Å². The number of halogens is 1. The van der Waals surface area contributed by atoms with Gasteiger partial charge in [0.1, 0.15) is 0 Å². The van der Waals surface area contributed by atoms with E-state index in [1.807, 2.05) is 13.8 Å². The molecule has 0 saturated heterocycles. The minimum Gasteiger partial charge on any atom is -0.355 e. The summed E-state index contributed by atoms with van der Waals surface area (Å²) in [7, 11) is -1.47. The minimum atomic E-state index is -3.14. The number of aliphatic imine (C=N–C) groups is 1. The highest BCUT2D eigenvalue weighted by Gasteiger charge is 2.06. The molecule has 1 aromatic heterocycles. The molecule has 21 heavy (non-hydrogen) atoms. The zero-order valence-corrected chi connectivity index (χ0v) is 16.5. The van der Waals surface area contributed by atoms with Gasteiger partial charge >= 0.3 is 0 Å². The van der Waals surface area contributed by atoms with Gasteiger partial charge < -0.3 is 10.6 Å². The Balaban J connectivity index is 0.00000400. The van der Waals surface area contributed by atoms with Crippen molar-refractivity contribution in [3.8, 4) is 0 Å². The van der Waals surface area contributed by atoms with Crippen LogP contribution in [0, 0.1) is 13.8 Å². The maximum absolute atomic E-state index is 10.9. The van der Waals surface area contributed by atoms with Gasteiger partial charge in [-0.3, -0.25) is 4.99 Å². The first-order chi connectivity index (χ1) is 9.31. The Hall–Kier alpha value is -0.460. The molecule has 1 rings (SSSR count). The Kier molecular flexibility index (Phi) is 9.33. The van der Waals surface area contributed by atoms with Crippen molar-refractivity contribution in [2.45, 2.75) is 20.4 Å². The minimum absolute atomic E-state index is 0. The molecule has 0 aliphatic heterocycles. The fraction of sp³-hybridized carbons (Fsp3) is 0.636. The molecular weight excluding hydrogens is 425 g/mol. The Morgan fingerprint density at radius 2 is 1.95 bits per heavy atom. The Bertz CT molecular complexity index is 571. The molecule has 0 radical (unpaired) electrons. The van der Waals surface area contributed by atoms with Crippen LogP contribution in [-0.2, 0) is 16.6 Å². The highest BCUT2D eigenvalue weighted by molar-refractivity contribution is 14.0. The van der Waals surface area contributed by atoms with Crippen LogP contribution in [0.25, 0.3) is 0 Å². The van der Waals surface area contributed by atoms with E-state index in [0.717, 1.165) is 17.0 Å². The van der Waals surface area contributed by atoms with Crippen LogP contribution >= 0.6 is 35.3 Å². The molecule has 1 aromatic rings. The predicted octanol–water partition coefficient (Wildman–Crippen LogP) is 0.592. The summed E-state index contributed by atoms with van der Waals surface area (Å²) in [5.41, 5.74) is 1.02. The van der Waals surface area contributed by atoms with Gasteiger partial charge in [-0.05, 0) is 13.8 Å². The third-order valence-electron chi connectivity index (χ3n) is 2.42. The topological polar surface area (TPSA) is 95.5 Å². The maximum Gasteiger partial charge on any atom is 0.208 e. The zero-order valence-electron chi connectivity index (χ0n) is 12.6. The molecule has 10 heteroatoms. The van der Waals surface area contributed by atoms with E-state index >= 15 is 0 Å². The lowest BCUT2D eigenvalue weighted by Gasteiger charge is -2.11. The summed E-state index contributed by atoms with van der Waals surface area (Å²) in [4.78, 5) is 9.60. The molecule has 1 heterocycles. The second-order valence-corrected chi connectivity index (χ2v) is 7.38. The van der Waals surface area contributed by atoms with Crippen molar-refractivity contribution < 1.29 is 8.42 Å². The van der Waals surface area contributed by atoms with Crippen molar-refractivity contribution in [1.82, 2.24) is 20.3 Å². The SMILES string of the molecule is CN=C(NCCNS(C)(=O)=O)NCc1sc(C)nc1C.I. The fourth-order valence-electron chi connectivity index (χ4n) is 1.54. The van der Waals surface area contributed by atoms with E-state index in [1.54, 1.807) is 18.4 Å². The van der Waals surface area contributed by atoms with E-state index in [-0.39, 0.29) is 24.0 Å². The van der Waals surface area contributed by atoms with Crippen molar-refractivity contribution >= 4 is 51.3 Å². The summed E-state index contributed by atoms with van der Waals surface area (Å²) in [5.74, 6) is 0.630. The third kappa shape index (κ3) is 8.53. The van der Waals surface area contributed by atoms with Gasteiger partial charge in [-0.2, -0.15) is 0 Å². The molecule has 0 amide bonds. The first kappa shape index (κ1) is 20.5. The number of rotatable bonds is 6. The number of guanidine groups is 1. The lowest BCUT2D eigenvalue weighted by atomic mass is 10.4. The number of nitrogens with one attached hydrogen (secondary N) is 3. The normalized spacial score (nSPS) is 11.9. The van der Waals surface area contributed by atoms with E-state index in [0.29, 0.717) is 25.6 Å². The standard InChI is InChI=1S/C11H21N5O2S2.HI/c1-8-10(19-9(2)16-8)7-14-11(12-3)13-5-6-15-20(4,17)18;/h15H,5-7H2,1-4H3,(H2,12,13,14);1H. The molecule has 0 spiro atoms. The summed E-state index contributed by atoms with van der Waals surface area (Å²) in [6, 6.07) is 0. The molecule has 0 atom stereocenters. The number of sulfonamides is 1. The van der Waals surface area contributed by atoms with Crippen LogP contribution in [0.3, 0.4) is 0 Å².